The summed E-state index contributed by atoms with van der Waals surface area (Å²) >= 11 is 0. The summed E-state index contributed by atoms with van der Waals surface area (Å²) in [6.07, 6.45) is 5.41. The van der Waals surface area contributed by atoms with E-state index in [0.29, 0.717) is 19.8 Å². The summed E-state index contributed by atoms with van der Waals surface area (Å²) in [4.78, 5) is 4.37. The fourth-order valence-electron chi connectivity index (χ4n) is 4.53. The minimum Gasteiger partial charge on any atom is -0.489 e. The lowest BCUT2D eigenvalue weighted by atomic mass is 9.87. The number of benzene rings is 2. The van der Waals surface area contributed by atoms with Gasteiger partial charge in [0.1, 0.15) is 12.4 Å². The van der Waals surface area contributed by atoms with Crippen LogP contribution in [0.5, 0.6) is 5.75 Å². The van der Waals surface area contributed by atoms with Crippen LogP contribution in [0.1, 0.15) is 49.6 Å². The average Bonchev–Trinajstić information content (AvgIpc) is 2.89. The fraction of sp³-hybridized carbons (Fsp3) is 0.310. The first-order chi connectivity index (χ1) is 16.7. The molecule has 5 heteroatoms. The summed E-state index contributed by atoms with van der Waals surface area (Å²) in [6, 6.07) is 20.3. The fourth-order valence-corrected chi connectivity index (χ4v) is 4.53. The molecule has 34 heavy (non-hydrogen) atoms. The van der Waals surface area contributed by atoms with Gasteiger partial charge in [-0.25, -0.2) is 0 Å². The predicted octanol–water partition coefficient (Wildman–Crippen LogP) is 6.23. The Morgan fingerprint density at radius 1 is 1.03 bits per heavy atom. The second-order valence-electron chi connectivity index (χ2n) is 8.33. The molecular formula is C29H33N2O3+. The van der Waals surface area contributed by atoms with Crippen molar-refractivity contribution >= 4 is 10.8 Å². The summed E-state index contributed by atoms with van der Waals surface area (Å²) in [7, 11) is 0. The third-order valence-electron chi connectivity index (χ3n) is 6.10. The Bertz CT molecular complexity index is 1240. The number of fused-ring (bicyclic) bond motifs is 1. The van der Waals surface area contributed by atoms with E-state index in [1.54, 1.807) is 6.20 Å². The number of aryl methyl sites for hydroxylation is 1. The predicted molar refractivity (Wildman–Crippen MR) is 134 cm³/mol. The molecule has 0 amide bonds. The zero-order chi connectivity index (χ0) is 23.9. The Morgan fingerprint density at radius 3 is 2.53 bits per heavy atom. The zero-order valence-electron chi connectivity index (χ0n) is 20.2. The van der Waals surface area contributed by atoms with Crippen molar-refractivity contribution in [2.45, 2.75) is 46.1 Å². The van der Waals surface area contributed by atoms with Gasteiger partial charge in [0.15, 0.2) is 0 Å². The molecule has 0 saturated carbocycles. The highest BCUT2D eigenvalue weighted by Gasteiger charge is 2.31. The zero-order valence-corrected chi connectivity index (χ0v) is 20.2. The molecule has 5 rings (SSSR count). The van der Waals surface area contributed by atoms with Crippen molar-refractivity contribution in [3.05, 3.63) is 90.0 Å². The number of hydrogen-bond acceptors (Lipinski definition) is 4. The molecule has 1 aliphatic rings. The van der Waals surface area contributed by atoms with Gasteiger partial charge < -0.3 is 9.47 Å². The van der Waals surface area contributed by atoms with Crippen molar-refractivity contribution in [3.8, 4) is 16.9 Å². The SMILES string of the molecule is CC.Cc1cc(-c2c(C3CCOCC3)[n+](O)cc3cc(OCc4ccccc4)ccc23)ccn1. The van der Waals surface area contributed by atoms with Crippen LogP contribution in [0.2, 0.25) is 0 Å². The molecule has 0 aliphatic carbocycles. The molecule has 176 valence electrons. The van der Waals surface area contributed by atoms with Crippen molar-refractivity contribution in [2.24, 2.45) is 0 Å². The van der Waals surface area contributed by atoms with E-state index in [1.807, 2.05) is 75.5 Å². The van der Waals surface area contributed by atoms with E-state index >= 15 is 0 Å². The van der Waals surface area contributed by atoms with Crippen LogP contribution in [-0.4, -0.2) is 23.4 Å². The average molecular weight is 458 g/mol. The summed E-state index contributed by atoms with van der Waals surface area (Å²) in [5.74, 6) is 1.01. The van der Waals surface area contributed by atoms with Gasteiger partial charge in [-0.2, -0.15) is 0 Å². The molecule has 0 unspecified atom stereocenters. The number of aromatic nitrogens is 2. The second-order valence-corrected chi connectivity index (χ2v) is 8.33. The molecule has 2 aromatic carbocycles. The Hall–Kier alpha value is -3.44. The number of hydrogen-bond donors (Lipinski definition) is 1. The Kier molecular flexibility index (Phi) is 7.76. The molecule has 0 atom stereocenters. The van der Waals surface area contributed by atoms with E-state index in [2.05, 4.69) is 17.1 Å². The lowest BCUT2D eigenvalue weighted by Gasteiger charge is -2.22. The molecule has 3 heterocycles. The monoisotopic (exact) mass is 457 g/mol. The first kappa shape index (κ1) is 23.7. The highest BCUT2D eigenvalue weighted by molar-refractivity contribution is 5.97. The minimum atomic E-state index is 0.232. The molecule has 0 spiro atoms. The molecule has 4 aromatic rings. The van der Waals surface area contributed by atoms with Gasteiger partial charge in [0.25, 0.3) is 0 Å². The number of nitrogens with zero attached hydrogens (tertiary/aromatic N) is 2. The molecule has 2 aromatic heterocycles. The molecule has 0 radical (unpaired) electrons. The van der Waals surface area contributed by atoms with E-state index in [9.17, 15) is 5.21 Å². The summed E-state index contributed by atoms with van der Waals surface area (Å²) in [6.45, 7) is 7.92. The van der Waals surface area contributed by atoms with Crippen LogP contribution in [0.3, 0.4) is 0 Å². The van der Waals surface area contributed by atoms with Crippen LogP contribution in [0.4, 0.5) is 0 Å². The van der Waals surface area contributed by atoms with Crippen molar-refractivity contribution in [3.63, 3.8) is 0 Å². The van der Waals surface area contributed by atoms with Gasteiger partial charge >= 0.3 is 0 Å². The smallest absolute Gasteiger partial charge is 0.245 e. The Labute approximate surface area is 201 Å². The van der Waals surface area contributed by atoms with Gasteiger partial charge in [0.2, 0.25) is 11.9 Å². The van der Waals surface area contributed by atoms with Gasteiger partial charge in [0, 0.05) is 35.2 Å². The van der Waals surface area contributed by atoms with E-state index in [-0.39, 0.29) is 5.92 Å². The van der Waals surface area contributed by atoms with Crippen molar-refractivity contribution in [1.82, 2.24) is 4.98 Å². The van der Waals surface area contributed by atoms with Gasteiger partial charge in [-0.15, -0.1) is 0 Å². The third kappa shape index (κ3) is 5.20. The number of ether oxygens (including phenoxy) is 2. The first-order valence-corrected chi connectivity index (χ1v) is 12.1. The lowest BCUT2D eigenvalue weighted by Crippen LogP contribution is -2.38. The molecule has 0 bridgehead atoms. The highest BCUT2D eigenvalue weighted by Crippen LogP contribution is 2.38. The maximum atomic E-state index is 11.1. The van der Waals surface area contributed by atoms with Crippen molar-refractivity contribution in [1.29, 1.82) is 0 Å². The summed E-state index contributed by atoms with van der Waals surface area (Å²) in [5.41, 5.74) is 5.11. The van der Waals surface area contributed by atoms with Gasteiger partial charge in [-0.1, -0.05) is 44.2 Å². The van der Waals surface area contributed by atoms with E-state index in [1.165, 1.54) is 4.73 Å². The molecule has 1 N–H and O–H groups in total. The highest BCUT2D eigenvalue weighted by atomic mass is 16.5. The van der Waals surface area contributed by atoms with Crippen molar-refractivity contribution < 1.29 is 19.4 Å². The third-order valence-corrected chi connectivity index (χ3v) is 6.10. The second kappa shape index (κ2) is 11.1. The van der Waals surface area contributed by atoms with Crippen molar-refractivity contribution in [2.75, 3.05) is 13.2 Å². The maximum Gasteiger partial charge on any atom is 0.245 e. The molecule has 5 nitrogen and oxygen atoms in total. The van der Waals surface area contributed by atoms with Gasteiger partial charge in [0.05, 0.1) is 16.9 Å². The minimum absolute atomic E-state index is 0.232. The molecule has 1 fully saturated rings. The Balaban J connectivity index is 0.00000133. The normalized spacial score (nSPS) is 13.9. The maximum absolute atomic E-state index is 11.1. The van der Waals surface area contributed by atoms with Crippen LogP contribution in [0.25, 0.3) is 21.9 Å². The quantitative estimate of drug-likeness (QED) is 0.285. The standard InChI is InChI=1S/C27H27N2O3.C2H6/c1-19-15-22(9-12-28-19)26-25-8-7-24(32-18-20-5-3-2-4-6-20)16-23(25)17-29(30)27(26)21-10-13-31-14-11-21;1-2/h2-9,12,15-17,21,30H,10-11,13-14,18H2,1H3;1-2H3/q+1;. The summed E-state index contributed by atoms with van der Waals surface area (Å²) in [5, 5.41) is 13.1. The van der Waals surface area contributed by atoms with Crippen LogP contribution < -0.4 is 9.47 Å². The van der Waals surface area contributed by atoms with Gasteiger partial charge in [-0.05, 0) is 61.2 Å². The summed E-state index contributed by atoms with van der Waals surface area (Å²) < 4.78 is 12.9. The molecule has 1 saturated heterocycles. The number of pyridine rings is 2. The molecular weight excluding hydrogens is 424 g/mol. The largest absolute Gasteiger partial charge is 0.489 e. The van der Waals surface area contributed by atoms with Crippen LogP contribution >= 0.6 is 0 Å². The lowest BCUT2D eigenvalue weighted by molar-refractivity contribution is -0.909. The first-order valence-electron chi connectivity index (χ1n) is 12.1. The van der Waals surface area contributed by atoms with Crippen LogP contribution in [0.15, 0.2) is 73.1 Å². The van der Waals surface area contributed by atoms with Crippen LogP contribution in [0, 0.1) is 6.92 Å². The van der Waals surface area contributed by atoms with E-state index in [0.717, 1.165) is 57.4 Å². The van der Waals surface area contributed by atoms with E-state index < -0.39 is 0 Å². The van der Waals surface area contributed by atoms with Gasteiger partial charge in [-0.3, -0.25) is 10.2 Å². The Morgan fingerprint density at radius 2 is 1.79 bits per heavy atom. The molecule has 1 aliphatic heterocycles. The van der Waals surface area contributed by atoms with E-state index in [4.69, 9.17) is 9.47 Å². The number of rotatable bonds is 5. The topological polar surface area (TPSA) is 55.5 Å². The van der Waals surface area contributed by atoms with Crippen LogP contribution in [-0.2, 0) is 11.3 Å².